The van der Waals surface area contributed by atoms with E-state index in [9.17, 15) is 4.79 Å². The van der Waals surface area contributed by atoms with Gasteiger partial charge in [-0.1, -0.05) is 5.16 Å². The van der Waals surface area contributed by atoms with E-state index in [1.165, 1.54) is 0 Å². The Morgan fingerprint density at radius 2 is 2.15 bits per heavy atom. The van der Waals surface area contributed by atoms with E-state index in [1.807, 2.05) is 18.7 Å². The molecule has 1 saturated heterocycles. The van der Waals surface area contributed by atoms with E-state index in [2.05, 4.69) is 10.5 Å². The van der Waals surface area contributed by atoms with E-state index in [-0.39, 0.29) is 12.5 Å². The minimum Gasteiger partial charge on any atom is -0.375 e. The molecule has 1 aromatic heterocycles. The Morgan fingerprint density at radius 3 is 2.70 bits per heavy atom. The Labute approximate surface area is 119 Å². The maximum Gasteiger partial charge on any atom is 0.248 e. The quantitative estimate of drug-likeness (QED) is 0.872. The fraction of sp³-hybridized carbons (Fsp3) is 0.714. The molecule has 2 rings (SSSR count). The van der Waals surface area contributed by atoms with Gasteiger partial charge in [-0.15, -0.1) is 0 Å². The largest absolute Gasteiger partial charge is 0.375 e. The van der Waals surface area contributed by atoms with Crippen molar-refractivity contribution in [2.75, 3.05) is 26.8 Å². The van der Waals surface area contributed by atoms with Gasteiger partial charge >= 0.3 is 0 Å². The smallest absolute Gasteiger partial charge is 0.248 e. The first-order chi connectivity index (χ1) is 9.61. The third kappa shape index (κ3) is 3.58. The molecule has 0 bridgehead atoms. The number of nitrogens with zero attached hydrogens (tertiary/aromatic N) is 2. The number of aryl methyl sites for hydroxylation is 2. The van der Waals surface area contributed by atoms with Crippen LogP contribution in [0.15, 0.2) is 4.52 Å². The first kappa shape index (κ1) is 15.0. The lowest BCUT2D eigenvalue weighted by atomic mass is 10.0. The fourth-order valence-corrected chi connectivity index (χ4v) is 2.55. The molecular weight excluding hydrogens is 258 g/mol. The lowest BCUT2D eigenvalue weighted by Crippen LogP contribution is -2.45. The molecule has 1 aliphatic heterocycles. The van der Waals surface area contributed by atoms with Crippen molar-refractivity contribution in [2.45, 2.75) is 39.3 Å². The average molecular weight is 281 g/mol. The second kappa shape index (κ2) is 6.85. The number of ether oxygens (including phenoxy) is 1. The van der Waals surface area contributed by atoms with E-state index < -0.39 is 0 Å². The molecule has 0 unspecified atom stereocenters. The summed E-state index contributed by atoms with van der Waals surface area (Å²) in [6.45, 7) is 6.43. The number of hydrogen-bond donors (Lipinski definition) is 1. The molecule has 1 fully saturated rings. The predicted octanol–water partition coefficient (Wildman–Crippen LogP) is 1.02. The number of aromatic nitrogens is 1. The van der Waals surface area contributed by atoms with Crippen molar-refractivity contribution in [1.29, 1.82) is 0 Å². The first-order valence-electron chi connectivity index (χ1n) is 7.03. The highest BCUT2D eigenvalue weighted by Gasteiger charge is 2.22. The molecule has 0 radical (unpaired) electrons. The van der Waals surface area contributed by atoms with E-state index >= 15 is 0 Å². The van der Waals surface area contributed by atoms with Crippen molar-refractivity contribution in [3.05, 3.63) is 17.0 Å². The van der Waals surface area contributed by atoms with Gasteiger partial charge in [-0.05, 0) is 26.7 Å². The number of amides is 1. The number of piperidine rings is 1. The SMILES string of the molecule is COCC(=O)N1CCC(NCc2c(C)noc2C)CC1. The van der Waals surface area contributed by atoms with Crippen LogP contribution in [0, 0.1) is 13.8 Å². The van der Waals surface area contributed by atoms with E-state index in [0.29, 0.717) is 6.04 Å². The minimum atomic E-state index is 0.0803. The summed E-state index contributed by atoms with van der Waals surface area (Å²) in [7, 11) is 1.55. The third-order valence-electron chi connectivity index (χ3n) is 3.86. The maximum atomic E-state index is 11.7. The molecule has 0 spiro atoms. The molecule has 6 nitrogen and oxygen atoms in total. The summed E-state index contributed by atoms with van der Waals surface area (Å²) in [5.74, 6) is 0.958. The van der Waals surface area contributed by atoms with Crippen LogP contribution in [0.4, 0.5) is 0 Å². The molecule has 6 heteroatoms. The topological polar surface area (TPSA) is 67.6 Å². The van der Waals surface area contributed by atoms with Gasteiger partial charge in [-0.2, -0.15) is 0 Å². The van der Waals surface area contributed by atoms with Crippen molar-refractivity contribution >= 4 is 5.91 Å². The van der Waals surface area contributed by atoms with Gasteiger partial charge in [-0.3, -0.25) is 4.79 Å². The Kier molecular flexibility index (Phi) is 5.14. The standard InChI is InChI=1S/C14H23N3O3/c1-10-13(11(2)20-16-10)8-15-12-4-6-17(7-5-12)14(18)9-19-3/h12,15H,4-9H2,1-3H3. The van der Waals surface area contributed by atoms with Gasteiger partial charge in [0.2, 0.25) is 5.91 Å². The normalized spacial score (nSPS) is 16.6. The Balaban J connectivity index is 1.76. The van der Waals surface area contributed by atoms with Crippen LogP contribution in [0.25, 0.3) is 0 Å². The van der Waals surface area contributed by atoms with Crippen molar-refractivity contribution in [2.24, 2.45) is 0 Å². The van der Waals surface area contributed by atoms with Crippen LogP contribution >= 0.6 is 0 Å². The zero-order chi connectivity index (χ0) is 14.5. The molecule has 0 saturated carbocycles. The van der Waals surface area contributed by atoms with Gasteiger partial charge < -0.3 is 19.5 Å². The molecular formula is C14H23N3O3. The van der Waals surface area contributed by atoms with Crippen LogP contribution in [0.1, 0.15) is 29.9 Å². The molecule has 2 heterocycles. The van der Waals surface area contributed by atoms with Crippen LogP contribution in [-0.4, -0.2) is 48.8 Å². The van der Waals surface area contributed by atoms with E-state index in [1.54, 1.807) is 7.11 Å². The molecule has 0 atom stereocenters. The molecule has 0 aromatic carbocycles. The Bertz CT molecular complexity index is 431. The number of hydrogen-bond acceptors (Lipinski definition) is 5. The summed E-state index contributed by atoms with van der Waals surface area (Å²) in [5, 5.41) is 7.48. The zero-order valence-corrected chi connectivity index (χ0v) is 12.4. The van der Waals surface area contributed by atoms with E-state index in [0.717, 1.165) is 49.5 Å². The molecule has 20 heavy (non-hydrogen) atoms. The van der Waals surface area contributed by atoms with Crippen LogP contribution in [-0.2, 0) is 16.1 Å². The highest BCUT2D eigenvalue weighted by molar-refractivity contribution is 5.77. The van der Waals surface area contributed by atoms with Crippen LogP contribution in [0.5, 0.6) is 0 Å². The number of nitrogens with one attached hydrogen (secondary N) is 1. The first-order valence-corrected chi connectivity index (χ1v) is 7.03. The summed E-state index contributed by atoms with van der Waals surface area (Å²) in [6, 6.07) is 0.440. The molecule has 1 amide bonds. The molecule has 1 aliphatic rings. The summed E-state index contributed by atoms with van der Waals surface area (Å²) < 4.78 is 10.0. The zero-order valence-electron chi connectivity index (χ0n) is 12.4. The van der Waals surface area contributed by atoms with Crippen molar-refractivity contribution < 1.29 is 14.1 Å². The van der Waals surface area contributed by atoms with Crippen molar-refractivity contribution in [3.63, 3.8) is 0 Å². The van der Waals surface area contributed by atoms with Crippen molar-refractivity contribution in [1.82, 2.24) is 15.4 Å². The summed E-state index contributed by atoms with van der Waals surface area (Å²) >= 11 is 0. The number of methoxy groups -OCH3 is 1. The van der Waals surface area contributed by atoms with Gasteiger partial charge in [-0.25, -0.2) is 0 Å². The lowest BCUT2D eigenvalue weighted by Gasteiger charge is -2.32. The van der Waals surface area contributed by atoms with Gasteiger partial charge in [0.25, 0.3) is 0 Å². The minimum absolute atomic E-state index is 0.0803. The summed E-state index contributed by atoms with van der Waals surface area (Å²) in [4.78, 5) is 13.6. The second-order valence-corrected chi connectivity index (χ2v) is 5.27. The second-order valence-electron chi connectivity index (χ2n) is 5.27. The van der Waals surface area contributed by atoms with E-state index in [4.69, 9.17) is 9.26 Å². The number of rotatable bonds is 5. The van der Waals surface area contributed by atoms with Gasteiger partial charge in [0.1, 0.15) is 12.4 Å². The van der Waals surface area contributed by atoms with Gasteiger partial charge in [0, 0.05) is 38.3 Å². The van der Waals surface area contributed by atoms with Gasteiger partial charge in [0.15, 0.2) is 0 Å². The van der Waals surface area contributed by atoms with Crippen LogP contribution in [0.2, 0.25) is 0 Å². The Morgan fingerprint density at radius 1 is 1.45 bits per heavy atom. The number of carbonyl (C=O) groups is 1. The maximum absolute atomic E-state index is 11.7. The highest BCUT2D eigenvalue weighted by atomic mass is 16.5. The Hall–Kier alpha value is -1.40. The van der Waals surface area contributed by atoms with Crippen LogP contribution < -0.4 is 5.32 Å². The lowest BCUT2D eigenvalue weighted by molar-refractivity contribution is -0.136. The van der Waals surface area contributed by atoms with Crippen LogP contribution in [0.3, 0.4) is 0 Å². The summed E-state index contributed by atoms with van der Waals surface area (Å²) in [5.41, 5.74) is 2.09. The number of likely N-dealkylation sites (tertiary alicyclic amines) is 1. The molecule has 0 aliphatic carbocycles. The molecule has 112 valence electrons. The fourth-order valence-electron chi connectivity index (χ4n) is 2.55. The monoisotopic (exact) mass is 281 g/mol. The van der Waals surface area contributed by atoms with Crippen molar-refractivity contribution in [3.8, 4) is 0 Å². The average Bonchev–Trinajstić information content (AvgIpc) is 2.77. The van der Waals surface area contributed by atoms with Gasteiger partial charge in [0.05, 0.1) is 5.69 Å². The third-order valence-corrected chi connectivity index (χ3v) is 3.86. The predicted molar refractivity (Wildman–Crippen MR) is 74.3 cm³/mol. The highest BCUT2D eigenvalue weighted by Crippen LogP contribution is 2.15. The number of carbonyl (C=O) groups excluding carboxylic acids is 1. The molecule has 1 aromatic rings. The summed E-state index contributed by atoms with van der Waals surface area (Å²) in [6.07, 6.45) is 1.94. The molecule has 1 N–H and O–H groups in total.